The van der Waals surface area contributed by atoms with Gasteiger partial charge in [0.25, 0.3) is 5.91 Å². The maximum absolute atomic E-state index is 11.4. The summed E-state index contributed by atoms with van der Waals surface area (Å²) in [5.74, 6) is 1.10. The highest BCUT2D eigenvalue weighted by Crippen LogP contribution is 2.30. The van der Waals surface area contributed by atoms with Crippen molar-refractivity contribution in [3.05, 3.63) is 23.8 Å². The summed E-state index contributed by atoms with van der Waals surface area (Å²) in [7, 11) is 3.44. The van der Waals surface area contributed by atoms with E-state index in [0.29, 0.717) is 24.6 Å². The topological polar surface area (TPSA) is 59.6 Å². The minimum Gasteiger partial charge on any atom is -0.493 e. The summed E-state index contributed by atoms with van der Waals surface area (Å²) in [4.78, 5) is 11.4. The number of benzene rings is 1. The van der Waals surface area contributed by atoms with Crippen LogP contribution in [0.5, 0.6) is 11.5 Å². The summed E-state index contributed by atoms with van der Waals surface area (Å²) in [5, 5.41) is 5.74. The average Bonchev–Trinajstić information content (AvgIpc) is 2.37. The predicted octanol–water partition coefficient (Wildman–Crippen LogP) is 0.929. The Balaban J connectivity index is 2.80. The lowest BCUT2D eigenvalue weighted by molar-refractivity contribution is -0.123. The molecule has 18 heavy (non-hydrogen) atoms. The molecule has 0 bridgehead atoms. The second-order valence-corrected chi connectivity index (χ2v) is 3.72. The van der Waals surface area contributed by atoms with E-state index >= 15 is 0 Å². The number of ether oxygens (including phenoxy) is 2. The lowest BCUT2D eigenvalue weighted by Crippen LogP contribution is -2.28. The fraction of sp³-hybridized carbons (Fsp3) is 0.462. The van der Waals surface area contributed by atoms with Crippen molar-refractivity contribution < 1.29 is 14.3 Å². The largest absolute Gasteiger partial charge is 0.493 e. The zero-order chi connectivity index (χ0) is 13.4. The summed E-state index contributed by atoms with van der Waals surface area (Å²) in [6.45, 7) is 3.11. The minimum atomic E-state index is -0.140. The van der Waals surface area contributed by atoms with Gasteiger partial charge in [0.2, 0.25) is 0 Å². The Labute approximate surface area is 107 Å². The number of amides is 1. The zero-order valence-electron chi connectivity index (χ0n) is 11.1. The van der Waals surface area contributed by atoms with Crippen LogP contribution >= 0.6 is 0 Å². The molecule has 0 aliphatic carbocycles. The molecule has 1 aromatic rings. The summed E-state index contributed by atoms with van der Waals surface area (Å²) >= 11 is 0. The number of methoxy groups -OCH3 is 1. The molecule has 0 aliphatic rings. The number of likely N-dealkylation sites (N-methyl/N-ethyl adjacent to an activating group) is 1. The van der Waals surface area contributed by atoms with Crippen molar-refractivity contribution in [3.63, 3.8) is 0 Å². The predicted molar refractivity (Wildman–Crippen MR) is 69.9 cm³/mol. The van der Waals surface area contributed by atoms with E-state index < -0.39 is 0 Å². The molecule has 1 rings (SSSR count). The third-order valence-electron chi connectivity index (χ3n) is 2.37. The third-order valence-corrected chi connectivity index (χ3v) is 2.37. The van der Waals surface area contributed by atoms with E-state index in [1.165, 1.54) is 0 Å². The van der Waals surface area contributed by atoms with Gasteiger partial charge in [0, 0.05) is 18.7 Å². The molecular formula is C13H20N2O3. The summed E-state index contributed by atoms with van der Waals surface area (Å²) in [6, 6.07) is 5.64. The van der Waals surface area contributed by atoms with Crippen molar-refractivity contribution in [1.82, 2.24) is 10.6 Å². The first-order valence-corrected chi connectivity index (χ1v) is 5.92. The van der Waals surface area contributed by atoms with E-state index in [4.69, 9.17) is 9.47 Å². The second-order valence-electron chi connectivity index (χ2n) is 3.72. The molecular weight excluding hydrogens is 232 g/mol. The molecule has 1 aromatic carbocycles. The van der Waals surface area contributed by atoms with Crippen molar-refractivity contribution in [2.24, 2.45) is 0 Å². The standard InChI is InChI=1S/C13H20N2O3/c1-4-15-12(16)9-18-13-10(8-14-2)6-5-7-11(13)17-3/h5-7,14H,4,8-9H2,1-3H3,(H,15,16). The molecule has 2 N–H and O–H groups in total. The quantitative estimate of drug-likeness (QED) is 0.758. The first kappa shape index (κ1) is 14.3. The molecule has 0 saturated heterocycles. The number of rotatable bonds is 7. The number of hydrogen-bond acceptors (Lipinski definition) is 4. The molecule has 0 atom stereocenters. The van der Waals surface area contributed by atoms with Crippen LogP contribution in [0.1, 0.15) is 12.5 Å². The van der Waals surface area contributed by atoms with Gasteiger partial charge in [0.1, 0.15) is 0 Å². The highest BCUT2D eigenvalue weighted by atomic mass is 16.5. The van der Waals surface area contributed by atoms with Crippen LogP contribution in [-0.4, -0.2) is 33.2 Å². The van der Waals surface area contributed by atoms with Crippen LogP contribution in [0.3, 0.4) is 0 Å². The average molecular weight is 252 g/mol. The van der Waals surface area contributed by atoms with Gasteiger partial charge in [-0.25, -0.2) is 0 Å². The Bertz CT molecular complexity index is 394. The molecule has 5 heteroatoms. The van der Waals surface area contributed by atoms with Gasteiger partial charge in [0.15, 0.2) is 18.1 Å². The molecule has 0 aliphatic heterocycles. The molecule has 0 unspecified atom stereocenters. The summed E-state index contributed by atoms with van der Waals surface area (Å²) in [5.41, 5.74) is 0.959. The second kappa shape index (κ2) is 7.55. The Morgan fingerprint density at radius 3 is 2.78 bits per heavy atom. The number of carbonyl (C=O) groups is 1. The SMILES string of the molecule is CCNC(=O)COc1c(CNC)cccc1OC. The molecule has 0 radical (unpaired) electrons. The van der Waals surface area contributed by atoms with Gasteiger partial charge < -0.3 is 20.1 Å². The van der Waals surface area contributed by atoms with Crippen molar-refractivity contribution in [3.8, 4) is 11.5 Å². The third kappa shape index (κ3) is 3.92. The molecule has 1 amide bonds. The van der Waals surface area contributed by atoms with Crippen molar-refractivity contribution in [2.45, 2.75) is 13.5 Å². The van der Waals surface area contributed by atoms with E-state index in [-0.39, 0.29) is 12.5 Å². The smallest absolute Gasteiger partial charge is 0.257 e. The molecule has 0 aromatic heterocycles. The van der Waals surface area contributed by atoms with Crippen LogP contribution in [0.4, 0.5) is 0 Å². The van der Waals surface area contributed by atoms with E-state index in [1.54, 1.807) is 7.11 Å². The van der Waals surface area contributed by atoms with Gasteiger partial charge >= 0.3 is 0 Å². The van der Waals surface area contributed by atoms with Gasteiger partial charge in [-0.1, -0.05) is 12.1 Å². The number of carbonyl (C=O) groups excluding carboxylic acids is 1. The number of hydrogen-bond donors (Lipinski definition) is 2. The first-order chi connectivity index (χ1) is 8.72. The summed E-state index contributed by atoms with van der Waals surface area (Å²) < 4.78 is 10.8. The van der Waals surface area contributed by atoms with E-state index in [9.17, 15) is 4.79 Å². The van der Waals surface area contributed by atoms with Crippen LogP contribution in [0.15, 0.2) is 18.2 Å². The molecule has 100 valence electrons. The van der Waals surface area contributed by atoms with Crippen LogP contribution in [0, 0.1) is 0 Å². The molecule has 5 nitrogen and oxygen atoms in total. The Kier molecular flexibility index (Phi) is 6.00. The number of nitrogens with one attached hydrogen (secondary N) is 2. The molecule has 0 heterocycles. The van der Waals surface area contributed by atoms with Gasteiger partial charge in [-0.15, -0.1) is 0 Å². The lowest BCUT2D eigenvalue weighted by atomic mass is 10.2. The molecule has 0 saturated carbocycles. The lowest BCUT2D eigenvalue weighted by Gasteiger charge is -2.14. The highest BCUT2D eigenvalue weighted by molar-refractivity contribution is 5.77. The van der Waals surface area contributed by atoms with Gasteiger partial charge in [-0.2, -0.15) is 0 Å². The van der Waals surface area contributed by atoms with Crippen molar-refractivity contribution >= 4 is 5.91 Å². The van der Waals surface area contributed by atoms with E-state index in [0.717, 1.165) is 5.56 Å². The molecule has 0 fully saturated rings. The molecule has 0 spiro atoms. The first-order valence-electron chi connectivity index (χ1n) is 5.92. The maximum atomic E-state index is 11.4. The fourth-order valence-corrected chi connectivity index (χ4v) is 1.60. The van der Waals surface area contributed by atoms with Crippen molar-refractivity contribution in [1.29, 1.82) is 0 Å². The van der Waals surface area contributed by atoms with Crippen LogP contribution in [0.2, 0.25) is 0 Å². The van der Waals surface area contributed by atoms with Gasteiger partial charge in [-0.3, -0.25) is 4.79 Å². The normalized spacial score (nSPS) is 9.94. The minimum absolute atomic E-state index is 0.00900. The van der Waals surface area contributed by atoms with Crippen LogP contribution in [0.25, 0.3) is 0 Å². The summed E-state index contributed by atoms with van der Waals surface area (Å²) in [6.07, 6.45) is 0. The maximum Gasteiger partial charge on any atom is 0.257 e. The van der Waals surface area contributed by atoms with Crippen molar-refractivity contribution in [2.75, 3.05) is 27.3 Å². The highest BCUT2D eigenvalue weighted by Gasteiger charge is 2.11. The Morgan fingerprint density at radius 2 is 2.17 bits per heavy atom. The van der Waals surface area contributed by atoms with Gasteiger partial charge in [0.05, 0.1) is 7.11 Å². The fourth-order valence-electron chi connectivity index (χ4n) is 1.60. The number of para-hydroxylation sites is 1. The Hall–Kier alpha value is -1.75. The zero-order valence-corrected chi connectivity index (χ0v) is 11.1. The van der Waals surface area contributed by atoms with Crippen LogP contribution in [-0.2, 0) is 11.3 Å². The van der Waals surface area contributed by atoms with Gasteiger partial charge in [-0.05, 0) is 20.0 Å². The Morgan fingerprint density at radius 1 is 1.39 bits per heavy atom. The van der Waals surface area contributed by atoms with E-state index in [1.807, 2.05) is 32.2 Å². The van der Waals surface area contributed by atoms with Crippen LogP contribution < -0.4 is 20.1 Å². The monoisotopic (exact) mass is 252 g/mol. The van der Waals surface area contributed by atoms with E-state index in [2.05, 4.69) is 10.6 Å².